The number of halogens is 1. The Balaban J connectivity index is 1.44. The van der Waals surface area contributed by atoms with Crippen molar-refractivity contribution in [3.63, 3.8) is 0 Å². The number of ether oxygens (including phenoxy) is 2. The van der Waals surface area contributed by atoms with E-state index in [0.29, 0.717) is 50.7 Å². The third kappa shape index (κ3) is 4.52. The van der Waals surface area contributed by atoms with E-state index in [1.165, 1.54) is 11.8 Å². The van der Waals surface area contributed by atoms with Crippen molar-refractivity contribution >= 4 is 23.4 Å². The molecule has 0 spiro atoms. The molecule has 0 bridgehead atoms. The summed E-state index contributed by atoms with van der Waals surface area (Å²) >= 11 is 7.19. The predicted molar refractivity (Wildman–Crippen MR) is 107 cm³/mol. The molecular formula is C19H15ClN4O4S. The average Bonchev–Trinajstić information content (AvgIpc) is 3.42. The van der Waals surface area contributed by atoms with Crippen LogP contribution in [0.25, 0.3) is 22.9 Å². The van der Waals surface area contributed by atoms with E-state index in [1.54, 1.807) is 44.6 Å². The topological polar surface area (TPSA) is 96.3 Å². The number of hydrogen-bond acceptors (Lipinski definition) is 9. The summed E-state index contributed by atoms with van der Waals surface area (Å²) in [6.07, 6.45) is 0. The van der Waals surface area contributed by atoms with E-state index in [4.69, 9.17) is 29.9 Å². The lowest BCUT2D eigenvalue weighted by Gasteiger charge is -2.05. The highest BCUT2D eigenvalue weighted by Crippen LogP contribution is 2.31. The highest BCUT2D eigenvalue weighted by Gasteiger charge is 2.14. The first-order chi connectivity index (χ1) is 14.1. The van der Waals surface area contributed by atoms with Gasteiger partial charge in [0.15, 0.2) is 0 Å². The summed E-state index contributed by atoms with van der Waals surface area (Å²) in [7, 11) is 3.16. The summed E-state index contributed by atoms with van der Waals surface area (Å²) < 4.78 is 21.9. The molecule has 0 unspecified atom stereocenters. The van der Waals surface area contributed by atoms with Gasteiger partial charge in [0.2, 0.25) is 17.7 Å². The van der Waals surface area contributed by atoms with Crippen LogP contribution in [0.5, 0.6) is 11.5 Å². The molecule has 0 atom stereocenters. The van der Waals surface area contributed by atoms with Gasteiger partial charge in [-0.2, -0.15) is 0 Å². The van der Waals surface area contributed by atoms with Crippen LogP contribution in [-0.2, 0) is 5.75 Å². The van der Waals surface area contributed by atoms with Crippen LogP contribution in [0.2, 0.25) is 5.02 Å². The van der Waals surface area contributed by atoms with Crippen molar-refractivity contribution < 1.29 is 18.3 Å². The second-order valence-electron chi connectivity index (χ2n) is 5.77. The van der Waals surface area contributed by atoms with Crippen molar-refractivity contribution in [1.82, 2.24) is 20.4 Å². The largest absolute Gasteiger partial charge is 0.497 e. The molecule has 0 saturated carbocycles. The molecular weight excluding hydrogens is 416 g/mol. The molecule has 2 aromatic heterocycles. The van der Waals surface area contributed by atoms with E-state index in [-0.39, 0.29) is 0 Å². The van der Waals surface area contributed by atoms with Crippen LogP contribution in [0.3, 0.4) is 0 Å². The lowest BCUT2D eigenvalue weighted by atomic mass is 10.2. The summed E-state index contributed by atoms with van der Waals surface area (Å²) in [5, 5.41) is 17.3. The quantitative estimate of drug-likeness (QED) is 0.384. The smallest absolute Gasteiger partial charge is 0.277 e. The van der Waals surface area contributed by atoms with Gasteiger partial charge in [-0.25, -0.2) is 0 Å². The van der Waals surface area contributed by atoms with Crippen LogP contribution in [0.1, 0.15) is 5.89 Å². The minimum atomic E-state index is 0.358. The molecule has 0 aliphatic rings. The van der Waals surface area contributed by atoms with Crippen LogP contribution in [0.4, 0.5) is 0 Å². The molecule has 148 valence electrons. The van der Waals surface area contributed by atoms with Crippen molar-refractivity contribution in [2.75, 3.05) is 14.2 Å². The van der Waals surface area contributed by atoms with Gasteiger partial charge in [-0.05, 0) is 36.4 Å². The summed E-state index contributed by atoms with van der Waals surface area (Å²) in [6.45, 7) is 0. The zero-order chi connectivity index (χ0) is 20.2. The van der Waals surface area contributed by atoms with Gasteiger partial charge in [-0.1, -0.05) is 23.4 Å². The van der Waals surface area contributed by atoms with E-state index in [9.17, 15) is 0 Å². The van der Waals surface area contributed by atoms with Gasteiger partial charge >= 0.3 is 0 Å². The minimum absolute atomic E-state index is 0.358. The minimum Gasteiger partial charge on any atom is -0.497 e. The van der Waals surface area contributed by atoms with Crippen LogP contribution < -0.4 is 9.47 Å². The lowest BCUT2D eigenvalue weighted by molar-refractivity contribution is 0.394. The fraction of sp³-hybridized carbons (Fsp3) is 0.158. The highest BCUT2D eigenvalue weighted by molar-refractivity contribution is 7.98. The standard InChI is InChI=1S/C19H15ClN4O4S/c1-25-14-7-12(8-15(9-14)26-2)18-23-24-19(28-18)29-10-16-21-22-17(27-16)11-3-5-13(20)6-4-11/h3-9H,10H2,1-2H3. The number of hydrogen-bond donors (Lipinski definition) is 0. The normalized spacial score (nSPS) is 10.9. The molecule has 8 nitrogen and oxygen atoms in total. The zero-order valence-electron chi connectivity index (χ0n) is 15.5. The SMILES string of the molecule is COc1cc(OC)cc(-c2nnc(SCc3nnc(-c4ccc(Cl)cc4)o3)o2)c1. The van der Waals surface area contributed by atoms with Gasteiger partial charge in [-0.15, -0.1) is 20.4 Å². The maximum absolute atomic E-state index is 5.89. The Bertz CT molecular complexity index is 1090. The van der Waals surface area contributed by atoms with Gasteiger partial charge in [-0.3, -0.25) is 0 Å². The van der Waals surface area contributed by atoms with Gasteiger partial charge in [0.05, 0.1) is 20.0 Å². The van der Waals surface area contributed by atoms with Gasteiger partial charge in [0.25, 0.3) is 5.22 Å². The molecule has 29 heavy (non-hydrogen) atoms. The van der Waals surface area contributed by atoms with E-state index in [1.807, 2.05) is 12.1 Å². The number of benzene rings is 2. The predicted octanol–water partition coefficient (Wildman–Crippen LogP) is 4.75. The van der Waals surface area contributed by atoms with E-state index in [2.05, 4.69) is 20.4 Å². The second-order valence-corrected chi connectivity index (χ2v) is 7.13. The molecule has 0 radical (unpaired) electrons. The zero-order valence-corrected chi connectivity index (χ0v) is 17.0. The number of methoxy groups -OCH3 is 2. The lowest BCUT2D eigenvalue weighted by Crippen LogP contribution is -1.88. The average molecular weight is 431 g/mol. The third-order valence-electron chi connectivity index (χ3n) is 3.88. The first-order valence-electron chi connectivity index (χ1n) is 8.42. The number of nitrogens with zero attached hydrogens (tertiary/aromatic N) is 4. The molecule has 2 aromatic carbocycles. The first-order valence-corrected chi connectivity index (χ1v) is 9.79. The number of thioether (sulfide) groups is 1. The summed E-state index contributed by atoms with van der Waals surface area (Å²) in [6, 6.07) is 12.5. The molecule has 0 aliphatic heterocycles. The molecule has 4 rings (SSSR count). The molecule has 4 aromatic rings. The van der Waals surface area contributed by atoms with Gasteiger partial charge < -0.3 is 18.3 Å². The summed E-state index contributed by atoms with van der Waals surface area (Å²) in [4.78, 5) is 0. The maximum Gasteiger partial charge on any atom is 0.277 e. The third-order valence-corrected chi connectivity index (χ3v) is 4.94. The van der Waals surface area contributed by atoms with Crippen molar-refractivity contribution in [3.05, 3.63) is 53.4 Å². The monoisotopic (exact) mass is 430 g/mol. The van der Waals surface area contributed by atoms with Crippen LogP contribution in [0, 0.1) is 0 Å². The Kier molecular flexibility index (Phi) is 5.68. The first kappa shape index (κ1) is 19.3. The molecule has 0 fully saturated rings. The molecule has 0 aliphatic carbocycles. The van der Waals surface area contributed by atoms with E-state index >= 15 is 0 Å². The van der Waals surface area contributed by atoms with E-state index < -0.39 is 0 Å². The fourth-order valence-electron chi connectivity index (χ4n) is 2.46. The molecule has 0 amide bonds. The number of aromatic nitrogens is 4. The Morgan fingerprint density at radius 1 is 0.828 bits per heavy atom. The van der Waals surface area contributed by atoms with Gasteiger partial charge in [0.1, 0.15) is 11.5 Å². The Hall–Kier alpha value is -3.04. The van der Waals surface area contributed by atoms with Gasteiger partial charge in [0, 0.05) is 22.2 Å². The Morgan fingerprint density at radius 3 is 2.17 bits per heavy atom. The van der Waals surface area contributed by atoms with Crippen molar-refractivity contribution in [2.45, 2.75) is 11.0 Å². The summed E-state index contributed by atoms with van der Waals surface area (Å²) in [5.74, 6) is 2.88. The number of rotatable bonds is 7. The van der Waals surface area contributed by atoms with Crippen molar-refractivity contribution in [2.24, 2.45) is 0 Å². The van der Waals surface area contributed by atoms with E-state index in [0.717, 1.165) is 5.56 Å². The molecule has 2 heterocycles. The van der Waals surface area contributed by atoms with Crippen molar-refractivity contribution in [3.8, 4) is 34.4 Å². The molecule has 0 N–H and O–H groups in total. The van der Waals surface area contributed by atoms with Crippen molar-refractivity contribution in [1.29, 1.82) is 0 Å². The second kappa shape index (κ2) is 8.54. The molecule has 10 heteroatoms. The molecule has 0 saturated heterocycles. The highest BCUT2D eigenvalue weighted by atomic mass is 35.5. The summed E-state index contributed by atoms with van der Waals surface area (Å²) in [5.41, 5.74) is 1.49. The van der Waals surface area contributed by atoms with Crippen LogP contribution >= 0.6 is 23.4 Å². The van der Waals surface area contributed by atoms with Crippen LogP contribution in [-0.4, -0.2) is 34.6 Å². The Morgan fingerprint density at radius 2 is 1.48 bits per heavy atom. The fourth-order valence-corrected chi connectivity index (χ4v) is 3.19. The maximum atomic E-state index is 5.89. The van der Waals surface area contributed by atoms with Crippen LogP contribution in [0.15, 0.2) is 56.5 Å². The Labute approximate surface area is 175 Å².